The Hall–Kier alpha value is -1.17. The van der Waals surface area contributed by atoms with Crippen molar-refractivity contribution in [1.82, 2.24) is 0 Å². The Morgan fingerprint density at radius 2 is 1.32 bits per heavy atom. The highest BCUT2D eigenvalue weighted by atomic mass is 32.2. The average molecular weight is 322 g/mol. The van der Waals surface area contributed by atoms with Crippen molar-refractivity contribution in [2.75, 3.05) is 0 Å². The van der Waals surface area contributed by atoms with Crippen LogP contribution < -0.4 is 0 Å². The molecule has 0 aromatic heterocycles. The topological polar surface area (TPSA) is 109 Å². The highest BCUT2D eigenvalue weighted by Crippen LogP contribution is 2.20. The number of alkyl halides is 3. The number of rotatable bonds is 2. The molecule has 1 aromatic carbocycles. The van der Waals surface area contributed by atoms with Gasteiger partial charge in [0.15, 0.2) is 0 Å². The maximum absolute atomic E-state index is 10.7. The Balaban J connectivity index is 0.000000362. The molecule has 2 N–H and O–H groups in total. The van der Waals surface area contributed by atoms with E-state index in [1.807, 2.05) is 0 Å². The van der Waals surface area contributed by atoms with Crippen LogP contribution in [0.5, 0.6) is 0 Å². The minimum atomic E-state index is -5.84. The van der Waals surface area contributed by atoms with Crippen LogP contribution in [-0.4, -0.2) is 31.4 Å². The second-order valence-electron chi connectivity index (χ2n) is 3.13. The Kier molecular flexibility index (Phi) is 5.93. The molecule has 0 saturated carbocycles. The lowest BCUT2D eigenvalue weighted by molar-refractivity contribution is -0.0510. The van der Waals surface area contributed by atoms with E-state index in [2.05, 4.69) is 0 Å². The molecule has 0 aliphatic carbocycles. The van der Waals surface area contributed by atoms with Crippen molar-refractivity contribution in [1.29, 1.82) is 0 Å². The van der Waals surface area contributed by atoms with E-state index in [9.17, 15) is 21.6 Å². The highest BCUT2D eigenvalue weighted by Gasteiger charge is 2.44. The quantitative estimate of drug-likeness (QED) is 0.630. The summed E-state index contributed by atoms with van der Waals surface area (Å²) in [4.78, 5) is 0. The predicted molar refractivity (Wildman–Crippen MR) is 59.3 cm³/mol. The maximum Gasteiger partial charge on any atom is 0.522 e. The second kappa shape index (κ2) is 6.32. The smallest absolute Gasteiger partial charge is 0.285 e. The van der Waals surface area contributed by atoms with Crippen LogP contribution in [0.2, 0.25) is 0 Å². The molecule has 0 heterocycles. The lowest BCUT2D eigenvalue weighted by Gasteiger charge is -1.97. The van der Waals surface area contributed by atoms with Crippen LogP contribution in [0.15, 0.2) is 30.3 Å². The van der Waals surface area contributed by atoms with Crippen LogP contribution in [0.3, 0.4) is 0 Å². The molecule has 0 aliphatic heterocycles. The molecule has 0 unspecified atom stereocenters. The molecule has 0 fully saturated rings. The van der Waals surface area contributed by atoms with Crippen LogP contribution in [0.25, 0.3) is 0 Å². The van der Waals surface area contributed by atoms with Gasteiger partial charge in [0.05, 0.1) is 0 Å². The molecule has 0 spiro atoms. The van der Waals surface area contributed by atoms with Crippen molar-refractivity contribution in [3.63, 3.8) is 0 Å². The summed E-state index contributed by atoms with van der Waals surface area (Å²) in [6, 6.07) is 8.52. The van der Waals surface area contributed by atoms with E-state index >= 15 is 0 Å². The standard InChI is InChI=1S/C7H8O3S.CHF3O3S/c8-11(9,10)6-7-4-2-1-3-5-7;2-1(3,4)8(5,6)7/h1-5H,6H2,(H,8,9,10);(H,5,6,7). The third-order valence-corrected chi connectivity index (χ3v) is 2.77. The van der Waals surface area contributed by atoms with Gasteiger partial charge in [-0.15, -0.1) is 0 Å². The van der Waals surface area contributed by atoms with Gasteiger partial charge in [-0.3, -0.25) is 9.11 Å². The largest absolute Gasteiger partial charge is 0.522 e. The molecule has 19 heavy (non-hydrogen) atoms. The Morgan fingerprint density at radius 3 is 1.58 bits per heavy atom. The van der Waals surface area contributed by atoms with E-state index in [0.29, 0.717) is 5.56 Å². The third-order valence-electron chi connectivity index (χ3n) is 1.48. The fourth-order valence-corrected chi connectivity index (χ4v) is 1.40. The predicted octanol–water partition coefficient (Wildman–Crippen LogP) is 1.47. The van der Waals surface area contributed by atoms with Crippen LogP contribution in [-0.2, 0) is 26.0 Å². The first-order valence-electron chi connectivity index (χ1n) is 4.36. The molecule has 0 saturated heterocycles. The first-order chi connectivity index (χ1) is 8.33. The van der Waals surface area contributed by atoms with Gasteiger partial charge in [0.25, 0.3) is 10.1 Å². The zero-order valence-electron chi connectivity index (χ0n) is 9.07. The average Bonchev–Trinajstić information content (AvgIpc) is 2.14. The van der Waals surface area contributed by atoms with Crippen LogP contribution in [0, 0.1) is 0 Å². The van der Waals surface area contributed by atoms with Crippen LogP contribution >= 0.6 is 0 Å². The molecule has 11 heteroatoms. The third kappa shape index (κ3) is 8.53. The first kappa shape index (κ1) is 17.8. The molecule has 1 rings (SSSR count). The van der Waals surface area contributed by atoms with E-state index < -0.39 is 25.7 Å². The monoisotopic (exact) mass is 322 g/mol. The number of benzene rings is 1. The molecule has 0 atom stereocenters. The lowest BCUT2D eigenvalue weighted by Crippen LogP contribution is -2.21. The van der Waals surface area contributed by atoms with E-state index in [1.54, 1.807) is 30.3 Å². The molecule has 1 aromatic rings. The van der Waals surface area contributed by atoms with Crippen molar-refractivity contribution in [3.8, 4) is 0 Å². The van der Waals surface area contributed by atoms with Gasteiger partial charge < -0.3 is 0 Å². The van der Waals surface area contributed by atoms with E-state index in [-0.39, 0.29) is 5.75 Å². The van der Waals surface area contributed by atoms with Crippen LogP contribution in [0.1, 0.15) is 5.56 Å². The van der Waals surface area contributed by atoms with Gasteiger partial charge >= 0.3 is 15.6 Å². The van der Waals surface area contributed by atoms with E-state index in [0.717, 1.165) is 0 Å². The van der Waals surface area contributed by atoms with E-state index in [4.69, 9.17) is 17.5 Å². The molecule has 0 radical (unpaired) electrons. The van der Waals surface area contributed by atoms with Gasteiger partial charge in [-0.1, -0.05) is 30.3 Å². The van der Waals surface area contributed by atoms with E-state index in [1.165, 1.54) is 0 Å². The zero-order valence-corrected chi connectivity index (χ0v) is 10.7. The minimum Gasteiger partial charge on any atom is -0.285 e. The summed E-state index contributed by atoms with van der Waals surface area (Å²) in [6.45, 7) is 0. The maximum atomic E-state index is 10.7. The second-order valence-corrected chi connectivity index (χ2v) is 6.00. The molecule has 0 bridgehead atoms. The summed E-state index contributed by atoms with van der Waals surface area (Å²) in [5.74, 6) is -0.312. The Morgan fingerprint density at radius 1 is 0.947 bits per heavy atom. The van der Waals surface area contributed by atoms with Gasteiger partial charge in [0, 0.05) is 0 Å². The number of hydrogen-bond donors (Lipinski definition) is 2. The van der Waals surface area contributed by atoms with Crippen molar-refractivity contribution < 1.29 is 39.1 Å². The molecule has 110 valence electrons. The minimum absolute atomic E-state index is 0.312. The van der Waals surface area contributed by atoms with Crippen molar-refractivity contribution in [2.45, 2.75) is 11.3 Å². The summed E-state index contributed by atoms with van der Waals surface area (Å²) >= 11 is 0. The zero-order chi connectivity index (χ0) is 15.3. The molecule has 0 amide bonds. The summed E-state index contributed by atoms with van der Waals surface area (Å²) < 4.78 is 86.7. The van der Waals surface area contributed by atoms with Crippen molar-refractivity contribution in [3.05, 3.63) is 35.9 Å². The Labute approximate surface area is 107 Å². The van der Waals surface area contributed by atoms with Crippen LogP contribution in [0.4, 0.5) is 13.2 Å². The van der Waals surface area contributed by atoms with Gasteiger partial charge in [-0.2, -0.15) is 30.0 Å². The fraction of sp³-hybridized carbons (Fsp3) is 0.250. The summed E-state index contributed by atoms with van der Waals surface area (Å²) in [6.07, 6.45) is 0. The summed E-state index contributed by atoms with van der Waals surface area (Å²) in [5, 5.41) is 0. The van der Waals surface area contributed by atoms with Gasteiger partial charge in [-0.25, -0.2) is 0 Å². The SMILES string of the molecule is O=S(=O)(O)C(F)(F)F.O=S(=O)(O)Cc1ccccc1. The molecular formula is C8H9F3O6S2. The summed E-state index contributed by atoms with van der Waals surface area (Å²) in [7, 11) is -9.72. The molecule has 0 aliphatic rings. The number of hydrogen-bond acceptors (Lipinski definition) is 4. The molecular weight excluding hydrogens is 313 g/mol. The first-order valence-corrected chi connectivity index (χ1v) is 7.41. The summed E-state index contributed by atoms with van der Waals surface area (Å²) in [5.41, 5.74) is -4.94. The van der Waals surface area contributed by atoms with Gasteiger partial charge in [-0.05, 0) is 5.56 Å². The van der Waals surface area contributed by atoms with Gasteiger partial charge in [0.1, 0.15) is 5.75 Å². The Bertz CT molecular complexity index is 591. The molecule has 6 nitrogen and oxygen atoms in total. The fourth-order valence-electron chi connectivity index (χ4n) is 0.785. The van der Waals surface area contributed by atoms with Crippen molar-refractivity contribution in [2.24, 2.45) is 0 Å². The highest BCUT2D eigenvalue weighted by molar-refractivity contribution is 7.86. The number of halogens is 3. The lowest BCUT2D eigenvalue weighted by atomic mass is 10.2. The van der Waals surface area contributed by atoms with Gasteiger partial charge in [0.2, 0.25) is 0 Å². The normalized spacial score (nSPS) is 12.5. The van der Waals surface area contributed by atoms with Crippen molar-refractivity contribution >= 4 is 20.2 Å².